The maximum atomic E-state index is 10.5. The summed E-state index contributed by atoms with van der Waals surface area (Å²) >= 11 is 0. The number of hydrogen-bond donors (Lipinski definition) is 2. The van der Waals surface area contributed by atoms with Crippen molar-refractivity contribution in [1.82, 2.24) is 0 Å². The van der Waals surface area contributed by atoms with Crippen LogP contribution in [0.15, 0.2) is 40.6 Å². The molecular weight excluding hydrogens is 234 g/mol. The molecule has 6 nitrogen and oxygen atoms in total. The van der Waals surface area contributed by atoms with Gasteiger partial charge in [-0.3, -0.25) is 0 Å². The Labute approximate surface area is 103 Å². The van der Waals surface area contributed by atoms with Crippen LogP contribution in [0.1, 0.15) is 0 Å². The van der Waals surface area contributed by atoms with Crippen LogP contribution in [0.2, 0.25) is 0 Å². The van der Waals surface area contributed by atoms with Crippen LogP contribution in [0.4, 0.5) is 10.5 Å². The van der Waals surface area contributed by atoms with Gasteiger partial charge in [-0.05, 0) is 29.7 Å². The van der Waals surface area contributed by atoms with Crippen molar-refractivity contribution in [2.75, 3.05) is 7.11 Å². The fraction of sp³-hybridized carbons (Fsp3) is 0.0833. The maximum Gasteiger partial charge on any atom is 0.356 e. The van der Waals surface area contributed by atoms with Crippen molar-refractivity contribution in [2.45, 2.75) is 0 Å². The summed E-state index contributed by atoms with van der Waals surface area (Å²) in [6.07, 6.45) is 0. The minimum Gasteiger partial charge on any atom is -0.505 e. The molecule has 2 amide bonds. The number of phenolic OH excluding ortho intramolecular Hbond substituents is 1. The summed E-state index contributed by atoms with van der Waals surface area (Å²) in [6, 6.07) is 7.58. The third kappa shape index (κ3) is 2.22. The number of phenols is 1. The van der Waals surface area contributed by atoms with Gasteiger partial charge in [0.2, 0.25) is 0 Å². The quantitative estimate of drug-likeness (QED) is 0.796. The predicted molar refractivity (Wildman–Crippen MR) is 66.3 cm³/mol. The largest absolute Gasteiger partial charge is 0.505 e. The molecule has 2 aromatic carbocycles. The van der Waals surface area contributed by atoms with Crippen LogP contribution in [0, 0.1) is 0 Å². The fourth-order valence-corrected chi connectivity index (χ4v) is 1.59. The molecule has 0 aliphatic rings. The molecule has 0 unspecified atom stereocenters. The Balaban J connectivity index is 2.54. The lowest BCUT2D eigenvalue weighted by Crippen LogP contribution is -2.01. The lowest BCUT2D eigenvalue weighted by molar-refractivity contribution is 0.255. The van der Waals surface area contributed by atoms with E-state index in [4.69, 9.17) is 10.5 Å². The van der Waals surface area contributed by atoms with E-state index in [1.807, 2.05) is 0 Å². The second-order valence-corrected chi connectivity index (χ2v) is 3.56. The molecule has 0 saturated carbocycles. The Morgan fingerprint density at radius 2 is 2.11 bits per heavy atom. The molecule has 6 heteroatoms. The number of azo groups is 1. The minimum absolute atomic E-state index is 0.0554. The molecular formula is C12H11N3O3. The molecule has 0 aromatic heterocycles. The number of methoxy groups -OCH3 is 1. The second-order valence-electron chi connectivity index (χ2n) is 3.56. The van der Waals surface area contributed by atoms with Gasteiger partial charge in [0, 0.05) is 5.39 Å². The normalized spacial score (nSPS) is 10.9. The highest BCUT2D eigenvalue weighted by molar-refractivity contribution is 5.93. The van der Waals surface area contributed by atoms with Crippen molar-refractivity contribution in [2.24, 2.45) is 16.0 Å². The fourth-order valence-electron chi connectivity index (χ4n) is 1.59. The number of aromatic hydroxyl groups is 1. The summed E-state index contributed by atoms with van der Waals surface area (Å²) in [4.78, 5) is 10.5. The van der Waals surface area contributed by atoms with E-state index in [0.29, 0.717) is 11.1 Å². The molecule has 0 heterocycles. The van der Waals surface area contributed by atoms with Gasteiger partial charge >= 0.3 is 6.03 Å². The number of nitrogens with zero attached hydrogens (tertiary/aromatic N) is 2. The summed E-state index contributed by atoms with van der Waals surface area (Å²) < 4.78 is 5.09. The van der Waals surface area contributed by atoms with Crippen molar-refractivity contribution < 1.29 is 14.6 Å². The lowest BCUT2D eigenvalue weighted by Gasteiger charge is -2.05. The molecule has 18 heavy (non-hydrogen) atoms. The minimum atomic E-state index is -0.913. The van der Waals surface area contributed by atoms with Crippen molar-refractivity contribution in [3.63, 3.8) is 0 Å². The first kappa shape index (κ1) is 11.8. The first-order chi connectivity index (χ1) is 8.61. The molecule has 0 bridgehead atoms. The molecule has 0 fully saturated rings. The van der Waals surface area contributed by atoms with Gasteiger partial charge in [0.25, 0.3) is 0 Å². The molecule has 2 rings (SSSR count). The van der Waals surface area contributed by atoms with Crippen molar-refractivity contribution in [1.29, 1.82) is 0 Å². The van der Waals surface area contributed by atoms with E-state index in [1.54, 1.807) is 37.4 Å². The number of rotatable bonds is 2. The van der Waals surface area contributed by atoms with E-state index in [9.17, 15) is 9.90 Å². The molecule has 0 atom stereocenters. The average molecular weight is 245 g/mol. The number of fused-ring (bicyclic) bond motifs is 1. The van der Waals surface area contributed by atoms with Gasteiger partial charge in [0.05, 0.1) is 7.11 Å². The highest BCUT2D eigenvalue weighted by atomic mass is 16.5. The number of carbonyl (C=O) groups excluding carboxylic acids is 1. The van der Waals surface area contributed by atoms with Crippen molar-refractivity contribution >= 4 is 22.5 Å². The van der Waals surface area contributed by atoms with Crippen LogP contribution in [0.25, 0.3) is 10.8 Å². The maximum absolute atomic E-state index is 10.5. The number of carbonyl (C=O) groups is 1. The third-order valence-electron chi connectivity index (χ3n) is 2.43. The molecule has 0 aliphatic heterocycles. The molecule has 3 N–H and O–H groups in total. The third-order valence-corrected chi connectivity index (χ3v) is 2.43. The first-order valence-corrected chi connectivity index (χ1v) is 5.12. The van der Waals surface area contributed by atoms with Crippen LogP contribution in [0.5, 0.6) is 11.5 Å². The van der Waals surface area contributed by atoms with Crippen LogP contribution < -0.4 is 10.5 Å². The van der Waals surface area contributed by atoms with E-state index in [0.717, 1.165) is 5.39 Å². The van der Waals surface area contributed by atoms with Gasteiger partial charge in [0.1, 0.15) is 11.4 Å². The van der Waals surface area contributed by atoms with E-state index in [2.05, 4.69) is 10.2 Å². The van der Waals surface area contributed by atoms with Crippen LogP contribution in [-0.4, -0.2) is 18.2 Å². The number of ether oxygens (including phenoxy) is 1. The van der Waals surface area contributed by atoms with E-state index < -0.39 is 6.03 Å². The lowest BCUT2D eigenvalue weighted by atomic mass is 10.1. The van der Waals surface area contributed by atoms with Gasteiger partial charge in [-0.2, -0.15) is 0 Å². The number of benzene rings is 2. The van der Waals surface area contributed by atoms with Gasteiger partial charge in [-0.1, -0.05) is 11.2 Å². The smallest absolute Gasteiger partial charge is 0.356 e. The number of primary amides is 1. The Morgan fingerprint density at radius 3 is 2.78 bits per heavy atom. The molecule has 92 valence electrons. The zero-order chi connectivity index (χ0) is 13.1. The van der Waals surface area contributed by atoms with Crippen LogP contribution in [-0.2, 0) is 0 Å². The topological polar surface area (TPSA) is 97.3 Å². The SMILES string of the molecule is COc1ccc2c(O)c(N=NC(N)=O)ccc2c1. The summed E-state index contributed by atoms with van der Waals surface area (Å²) in [5.74, 6) is 0.633. The van der Waals surface area contributed by atoms with Gasteiger partial charge in [-0.15, -0.1) is 5.11 Å². The molecule has 0 aliphatic carbocycles. The molecule has 0 saturated heterocycles. The van der Waals surface area contributed by atoms with Gasteiger partial charge < -0.3 is 15.6 Å². The first-order valence-electron chi connectivity index (χ1n) is 5.12. The summed E-state index contributed by atoms with van der Waals surface area (Å²) in [6.45, 7) is 0. The standard InChI is InChI=1S/C12H11N3O3/c1-18-8-3-4-9-7(6-8)2-5-10(11(9)16)14-15-12(13)17/h2-6,16H,1H3,(H2,13,17). The number of amides is 2. The number of urea groups is 1. The van der Waals surface area contributed by atoms with Crippen LogP contribution in [0.3, 0.4) is 0 Å². The second kappa shape index (κ2) is 4.70. The summed E-state index contributed by atoms with van der Waals surface area (Å²) in [7, 11) is 1.57. The molecule has 2 aromatic rings. The zero-order valence-electron chi connectivity index (χ0n) is 9.62. The van der Waals surface area contributed by atoms with E-state index in [-0.39, 0.29) is 11.4 Å². The van der Waals surface area contributed by atoms with E-state index >= 15 is 0 Å². The van der Waals surface area contributed by atoms with Crippen molar-refractivity contribution in [3.05, 3.63) is 30.3 Å². The summed E-state index contributed by atoms with van der Waals surface area (Å²) in [5, 5.41) is 18.1. The Hall–Kier alpha value is -2.63. The highest BCUT2D eigenvalue weighted by Gasteiger charge is 2.07. The molecule has 0 radical (unpaired) electrons. The summed E-state index contributed by atoms with van der Waals surface area (Å²) in [5.41, 5.74) is 5.03. The van der Waals surface area contributed by atoms with Crippen LogP contribution >= 0.6 is 0 Å². The highest BCUT2D eigenvalue weighted by Crippen LogP contribution is 2.36. The predicted octanol–water partition coefficient (Wildman–Crippen LogP) is 2.72. The number of hydrogen-bond acceptors (Lipinski definition) is 4. The zero-order valence-corrected chi connectivity index (χ0v) is 9.62. The average Bonchev–Trinajstić information content (AvgIpc) is 2.37. The Kier molecular flexibility index (Phi) is 3.09. The number of nitrogens with two attached hydrogens (primary N) is 1. The Bertz CT molecular complexity index is 638. The van der Waals surface area contributed by atoms with Gasteiger partial charge in [0.15, 0.2) is 5.75 Å². The van der Waals surface area contributed by atoms with Gasteiger partial charge in [-0.25, -0.2) is 4.79 Å². The van der Waals surface area contributed by atoms with E-state index in [1.165, 1.54) is 0 Å². The molecule has 0 spiro atoms. The van der Waals surface area contributed by atoms with Crippen molar-refractivity contribution in [3.8, 4) is 11.5 Å². The monoisotopic (exact) mass is 245 g/mol. The Morgan fingerprint density at radius 1 is 1.33 bits per heavy atom.